The van der Waals surface area contributed by atoms with Crippen LogP contribution in [-0.2, 0) is 0 Å². The van der Waals surface area contributed by atoms with Crippen LogP contribution in [0.3, 0.4) is 0 Å². The van der Waals surface area contributed by atoms with E-state index in [2.05, 4.69) is 69.3 Å². The number of hydrogen-bond donors (Lipinski definition) is 3. The Morgan fingerprint density at radius 1 is 1.27 bits per heavy atom. The molecule has 0 spiro atoms. The smallest absolute Gasteiger partial charge is 0.0140 e. The van der Waals surface area contributed by atoms with Gasteiger partial charge < -0.3 is 16.0 Å². The van der Waals surface area contributed by atoms with Crippen LogP contribution < -0.4 is 16.0 Å². The number of hydrogen-bond acceptors (Lipinski definition) is 4. The lowest BCUT2D eigenvalue weighted by atomic mass is 9.94. The van der Waals surface area contributed by atoms with E-state index in [1.54, 1.807) is 0 Å². The normalized spacial score (nSPS) is 26.6. The Morgan fingerprint density at radius 3 is 2.55 bits per heavy atom. The fourth-order valence-corrected chi connectivity index (χ4v) is 3.87. The minimum Gasteiger partial charge on any atom is -0.313 e. The molecule has 1 fully saturated rings. The van der Waals surface area contributed by atoms with Crippen LogP contribution >= 0.6 is 0 Å². The third-order valence-electron chi connectivity index (χ3n) is 4.80. The van der Waals surface area contributed by atoms with Crippen LogP contribution in [0.15, 0.2) is 0 Å². The van der Waals surface area contributed by atoms with Gasteiger partial charge in [-0.1, -0.05) is 6.92 Å². The molecule has 1 rings (SSSR count). The van der Waals surface area contributed by atoms with Crippen LogP contribution in [0.4, 0.5) is 0 Å². The van der Waals surface area contributed by atoms with Crippen molar-refractivity contribution in [1.82, 2.24) is 20.9 Å². The molecule has 0 aromatic carbocycles. The molecule has 0 aliphatic carbocycles. The Bertz CT molecular complexity index is 314. The SMILES string of the molecule is CCNC(C)(C)CC(C)N1CCNC(C)CC(C)(C)NCC1. The molecule has 3 N–H and O–H groups in total. The van der Waals surface area contributed by atoms with Crippen LogP contribution in [0, 0.1) is 0 Å². The summed E-state index contributed by atoms with van der Waals surface area (Å²) in [6.45, 7) is 21.6. The standard InChI is InChI=1S/C18H40N4/c1-8-20-18(6,7)14-16(3)22-11-9-19-15(2)13-17(4,5)21-10-12-22/h15-16,19-21H,8-14H2,1-7H3. The van der Waals surface area contributed by atoms with Gasteiger partial charge in [-0.2, -0.15) is 0 Å². The third kappa shape index (κ3) is 7.40. The van der Waals surface area contributed by atoms with Crippen LogP contribution in [0.25, 0.3) is 0 Å². The van der Waals surface area contributed by atoms with E-state index in [9.17, 15) is 0 Å². The summed E-state index contributed by atoms with van der Waals surface area (Å²) in [6.07, 6.45) is 2.36. The zero-order chi connectivity index (χ0) is 16.8. The van der Waals surface area contributed by atoms with Gasteiger partial charge in [0.2, 0.25) is 0 Å². The van der Waals surface area contributed by atoms with E-state index in [-0.39, 0.29) is 11.1 Å². The first-order valence-corrected chi connectivity index (χ1v) is 9.13. The lowest BCUT2D eigenvalue weighted by molar-refractivity contribution is 0.154. The van der Waals surface area contributed by atoms with Gasteiger partial charge >= 0.3 is 0 Å². The maximum atomic E-state index is 3.73. The molecule has 1 aliphatic heterocycles. The van der Waals surface area contributed by atoms with Crippen molar-refractivity contribution in [2.45, 2.75) is 84.5 Å². The average Bonchev–Trinajstić information content (AvgIpc) is 2.34. The van der Waals surface area contributed by atoms with Crippen LogP contribution in [0.1, 0.15) is 61.3 Å². The van der Waals surface area contributed by atoms with E-state index < -0.39 is 0 Å². The van der Waals surface area contributed by atoms with Gasteiger partial charge in [0.15, 0.2) is 0 Å². The van der Waals surface area contributed by atoms with Gasteiger partial charge in [0.1, 0.15) is 0 Å². The van der Waals surface area contributed by atoms with Gasteiger partial charge in [-0.3, -0.25) is 4.90 Å². The fourth-order valence-electron chi connectivity index (χ4n) is 3.87. The van der Waals surface area contributed by atoms with Gasteiger partial charge in [-0.05, 0) is 60.9 Å². The van der Waals surface area contributed by atoms with E-state index in [0.29, 0.717) is 12.1 Å². The Labute approximate surface area is 138 Å². The molecule has 0 bridgehead atoms. The molecule has 2 unspecified atom stereocenters. The first-order valence-electron chi connectivity index (χ1n) is 9.13. The Hall–Kier alpha value is -0.160. The molecular weight excluding hydrogens is 272 g/mol. The molecular formula is C18H40N4. The van der Waals surface area contributed by atoms with Gasteiger partial charge in [0.05, 0.1) is 0 Å². The molecule has 0 saturated carbocycles. The zero-order valence-corrected chi connectivity index (χ0v) is 16.1. The van der Waals surface area contributed by atoms with Gasteiger partial charge in [-0.25, -0.2) is 0 Å². The topological polar surface area (TPSA) is 39.3 Å². The average molecular weight is 313 g/mol. The van der Waals surface area contributed by atoms with Crippen LogP contribution in [0.2, 0.25) is 0 Å². The Balaban J connectivity index is 2.60. The zero-order valence-electron chi connectivity index (χ0n) is 16.1. The predicted molar refractivity (Wildman–Crippen MR) is 97.6 cm³/mol. The summed E-state index contributed by atoms with van der Waals surface area (Å²) in [5, 5.41) is 11.0. The van der Waals surface area contributed by atoms with Crippen molar-refractivity contribution in [3.63, 3.8) is 0 Å². The highest BCUT2D eigenvalue weighted by atomic mass is 15.2. The van der Waals surface area contributed by atoms with Crippen molar-refractivity contribution >= 4 is 0 Å². The summed E-state index contributed by atoms with van der Waals surface area (Å²) in [5.74, 6) is 0. The van der Waals surface area contributed by atoms with E-state index >= 15 is 0 Å². The quantitative estimate of drug-likeness (QED) is 0.728. The summed E-state index contributed by atoms with van der Waals surface area (Å²) < 4.78 is 0. The second-order valence-electron chi connectivity index (χ2n) is 8.37. The van der Waals surface area contributed by atoms with Crippen molar-refractivity contribution in [1.29, 1.82) is 0 Å². The van der Waals surface area contributed by atoms with Crippen molar-refractivity contribution in [2.75, 3.05) is 32.7 Å². The molecule has 0 radical (unpaired) electrons. The highest BCUT2D eigenvalue weighted by Crippen LogP contribution is 2.17. The van der Waals surface area contributed by atoms with Crippen LogP contribution in [0.5, 0.6) is 0 Å². The molecule has 2 atom stereocenters. The maximum Gasteiger partial charge on any atom is 0.0140 e. The first-order chi connectivity index (χ1) is 10.2. The minimum absolute atomic E-state index is 0.205. The highest BCUT2D eigenvalue weighted by Gasteiger charge is 2.26. The van der Waals surface area contributed by atoms with E-state index in [0.717, 1.165) is 32.7 Å². The molecule has 132 valence electrons. The molecule has 0 aromatic heterocycles. The lowest BCUT2D eigenvalue weighted by Gasteiger charge is -2.38. The largest absolute Gasteiger partial charge is 0.313 e. The fraction of sp³-hybridized carbons (Fsp3) is 1.00. The highest BCUT2D eigenvalue weighted by molar-refractivity contribution is 4.87. The summed E-state index contributed by atoms with van der Waals surface area (Å²) in [6, 6.07) is 1.16. The van der Waals surface area contributed by atoms with E-state index in [1.165, 1.54) is 12.8 Å². The van der Waals surface area contributed by atoms with E-state index in [4.69, 9.17) is 0 Å². The van der Waals surface area contributed by atoms with Gasteiger partial charge in [0, 0.05) is 49.3 Å². The van der Waals surface area contributed by atoms with Crippen LogP contribution in [-0.4, -0.2) is 60.8 Å². The van der Waals surface area contributed by atoms with Gasteiger partial charge in [-0.15, -0.1) is 0 Å². The second kappa shape index (κ2) is 8.62. The van der Waals surface area contributed by atoms with E-state index in [1.807, 2.05) is 0 Å². The van der Waals surface area contributed by atoms with Crippen molar-refractivity contribution in [3.05, 3.63) is 0 Å². The molecule has 4 nitrogen and oxygen atoms in total. The second-order valence-corrected chi connectivity index (χ2v) is 8.37. The third-order valence-corrected chi connectivity index (χ3v) is 4.80. The number of nitrogens with zero attached hydrogens (tertiary/aromatic N) is 1. The minimum atomic E-state index is 0.205. The summed E-state index contributed by atoms with van der Waals surface area (Å²) in [7, 11) is 0. The van der Waals surface area contributed by atoms with Crippen molar-refractivity contribution < 1.29 is 0 Å². The number of nitrogens with one attached hydrogen (secondary N) is 3. The molecule has 1 aliphatic rings. The maximum absolute atomic E-state index is 3.73. The molecule has 1 saturated heterocycles. The van der Waals surface area contributed by atoms with Crippen molar-refractivity contribution in [3.8, 4) is 0 Å². The summed E-state index contributed by atoms with van der Waals surface area (Å²) >= 11 is 0. The van der Waals surface area contributed by atoms with Gasteiger partial charge in [0.25, 0.3) is 0 Å². The predicted octanol–water partition coefficient (Wildman–Crippen LogP) is 2.21. The molecule has 0 aromatic rings. The summed E-state index contributed by atoms with van der Waals surface area (Å²) in [5.41, 5.74) is 0.415. The first kappa shape index (κ1) is 19.9. The van der Waals surface area contributed by atoms with Crippen molar-refractivity contribution in [2.24, 2.45) is 0 Å². The Kier molecular flexibility index (Phi) is 7.80. The Morgan fingerprint density at radius 2 is 1.91 bits per heavy atom. The monoisotopic (exact) mass is 312 g/mol. The molecule has 22 heavy (non-hydrogen) atoms. The molecule has 4 heteroatoms. The molecule has 1 heterocycles. The lowest BCUT2D eigenvalue weighted by Crippen LogP contribution is -2.53. The molecule has 0 amide bonds. The number of rotatable bonds is 5. The summed E-state index contributed by atoms with van der Waals surface area (Å²) in [4.78, 5) is 2.63.